The summed E-state index contributed by atoms with van der Waals surface area (Å²) in [6.45, 7) is 0. The van der Waals surface area contributed by atoms with Gasteiger partial charge in [0.05, 0.1) is 5.69 Å². The molecule has 3 nitrogen and oxygen atoms in total. The van der Waals surface area contributed by atoms with E-state index in [9.17, 15) is 0 Å². The Hall–Kier alpha value is -0.990. The molecule has 1 heterocycles. The Morgan fingerprint density at radius 2 is 1.40 bits per heavy atom. The van der Waals surface area contributed by atoms with Gasteiger partial charge in [-0.15, -0.1) is 0 Å². The standard InChI is InChI=1S/C17H27N3/c18-16-15(12-6-2-1-3-7-12)19-17(13-8-4-5-9-13)20(16)14-10-11-14/h12-14H,1-11,18H2. The van der Waals surface area contributed by atoms with Gasteiger partial charge in [0.1, 0.15) is 11.6 Å². The third-order valence-corrected chi connectivity index (χ3v) is 5.63. The van der Waals surface area contributed by atoms with Gasteiger partial charge in [0.25, 0.3) is 0 Å². The zero-order chi connectivity index (χ0) is 13.5. The Bertz CT molecular complexity index is 475. The fourth-order valence-electron chi connectivity index (χ4n) is 4.35. The van der Waals surface area contributed by atoms with Crippen LogP contribution in [0.3, 0.4) is 0 Å². The van der Waals surface area contributed by atoms with Crippen LogP contribution in [0.1, 0.15) is 100 Å². The molecule has 0 unspecified atom stereocenters. The third kappa shape index (κ3) is 2.15. The number of nitrogens with two attached hydrogens (primary N) is 1. The summed E-state index contributed by atoms with van der Waals surface area (Å²) in [6, 6.07) is 0.676. The monoisotopic (exact) mass is 273 g/mol. The van der Waals surface area contributed by atoms with Gasteiger partial charge >= 0.3 is 0 Å². The van der Waals surface area contributed by atoms with Gasteiger partial charge in [0.15, 0.2) is 0 Å². The first-order valence-electron chi connectivity index (χ1n) is 8.72. The number of hydrogen-bond acceptors (Lipinski definition) is 2. The van der Waals surface area contributed by atoms with Crippen LogP contribution < -0.4 is 5.73 Å². The number of imidazole rings is 1. The number of rotatable bonds is 3. The number of nitrogen functional groups attached to an aromatic ring is 1. The molecule has 3 heteroatoms. The Kier molecular flexibility index (Phi) is 3.24. The highest BCUT2D eigenvalue weighted by atomic mass is 15.2. The van der Waals surface area contributed by atoms with E-state index < -0.39 is 0 Å². The molecule has 0 bridgehead atoms. The van der Waals surface area contributed by atoms with Crippen LogP contribution in [0, 0.1) is 0 Å². The maximum atomic E-state index is 6.54. The van der Waals surface area contributed by atoms with Crippen LogP contribution in [0.4, 0.5) is 5.82 Å². The lowest BCUT2D eigenvalue weighted by molar-refractivity contribution is 0.438. The minimum absolute atomic E-state index is 0.643. The predicted octanol–water partition coefficient (Wildman–Crippen LogP) is 4.51. The Labute approximate surface area is 122 Å². The van der Waals surface area contributed by atoms with E-state index in [4.69, 9.17) is 10.7 Å². The summed E-state index contributed by atoms with van der Waals surface area (Å²) in [4.78, 5) is 5.11. The van der Waals surface area contributed by atoms with Crippen molar-refractivity contribution in [2.45, 2.75) is 88.5 Å². The molecule has 1 aromatic heterocycles. The molecule has 0 radical (unpaired) electrons. The highest BCUT2D eigenvalue weighted by Crippen LogP contribution is 2.46. The first-order chi connectivity index (χ1) is 9.84. The minimum atomic E-state index is 0.643. The van der Waals surface area contributed by atoms with Crippen LogP contribution in [-0.2, 0) is 0 Å². The average Bonchev–Trinajstić information content (AvgIpc) is 3.04. The summed E-state index contributed by atoms with van der Waals surface area (Å²) >= 11 is 0. The fraction of sp³-hybridized carbons (Fsp3) is 0.824. The van der Waals surface area contributed by atoms with Crippen LogP contribution in [-0.4, -0.2) is 9.55 Å². The molecule has 3 aliphatic rings. The van der Waals surface area contributed by atoms with Crippen LogP contribution >= 0.6 is 0 Å². The smallest absolute Gasteiger partial charge is 0.127 e. The van der Waals surface area contributed by atoms with Gasteiger partial charge in [-0.2, -0.15) is 0 Å². The van der Waals surface area contributed by atoms with Gasteiger partial charge in [-0.3, -0.25) is 0 Å². The molecular weight excluding hydrogens is 246 g/mol. The molecule has 0 amide bonds. The van der Waals surface area contributed by atoms with Gasteiger partial charge in [-0.1, -0.05) is 32.1 Å². The van der Waals surface area contributed by atoms with E-state index in [-0.39, 0.29) is 0 Å². The molecule has 4 rings (SSSR count). The zero-order valence-corrected chi connectivity index (χ0v) is 12.5. The first-order valence-corrected chi connectivity index (χ1v) is 8.72. The molecule has 2 N–H and O–H groups in total. The van der Waals surface area contributed by atoms with Gasteiger partial charge in [-0.05, 0) is 38.5 Å². The van der Waals surface area contributed by atoms with Crippen molar-refractivity contribution in [3.05, 3.63) is 11.5 Å². The SMILES string of the molecule is Nc1c(C2CCCCC2)nc(C2CCCC2)n1C1CC1. The number of aromatic nitrogens is 2. The molecule has 1 aromatic rings. The van der Waals surface area contributed by atoms with Crippen LogP contribution in [0.2, 0.25) is 0 Å². The second-order valence-corrected chi connectivity index (χ2v) is 7.16. The number of hydrogen-bond donors (Lipinski definition) is 1. The highest BCUT2D eigenvalue weighted by molar-refractivity contribution is 5.43. The van der Waals surface area contributed by atoms with Crippen LogP contribution in [0.5, 0.6) is 0 Å². The molecule has 110 valence electrons. The molecule has 3 aliphatic carbocycles. The molecule has 3 fully saturated rings. The van der Waals surface area contributed by atoms with Crippen molar-refractivity contribution in [3.63, 3.8) is 0 Å². The minimum Gasteiger partial charge on any atom is -0.384 e. The summed E-state index contributed by atoms with van der Waals surface area (Å²) in [6.07, 6.45) is 14.7. The zero-order valence-electron chi connectivity index (χ0n) is 12.5. The summed E-state index contributed by atoms with van der Waals surface area (Å²) in [7, 11) is 0. The molecular formula is C17H27N3. The van der Waals surface area contributed by atoms with E-state index in [0.29, 0.717) is 17.9 Å². The highest BCUT2D eigenvalue weighted by Gasteiger charge is 2.35. The third-order valence-electron chi connectivity index (χ3n) is 5.63. The molecule has 0 spiro atoms. The normalized spacial score (nSPS) is 25.4. The van der Waals surface area contributed by atoms with E-state index in [1.54, 1.807) is 0 Å². The Morgan fingerprint density at radius 3 is 2.05 bits per heavy atom. The topological polar surface area (TPSA) is 43.8 Å². The average molecular weight is 273 g/mol. The quantitative estimate of drug-likeness (QED) is 0.880. The second-order valence-electron chi connectivity index (χ2n) is 7.16. The van der Waals surface area contributed by atoms with Gasteiger partial charge in [0.2, 0.25) is 0 Å². The van der Waals surface area contributed by atoms with Crippen LogP contribution in [0.15, 0.2) is 0 Å². The van der Waals surface area contributed by atoms with Gasteiger partial charge in [-0.25, -0.2) is 4.98 Å². The second kappa shape index (κ2) is 5.09. The molecule has 0 aliphatic heterocycles. The van der Waals surface area contributed by atoms with Crippen LogP contribution in [0.25, 0.3) is 0 Å². The summed E-state index contributed by atoms with van der Waals surface area (Å²) in [5, 5.41) is 0. The largest absolute Gasteiger partial charge is 0.384 e. The lowest BCUT2D eigenvalue weighted by Gasteiger charge is -2.20. The lowest BCUT2D eigenvalue weighted by atomic mass is 9.87. The van der Waals surface area contributed by atoms with Crippen molar-refractivity contribution >= 4 is 5.82 Å². The summed E-state index contributed by atoms with van der Waals surface area (Å²) < 4.78 is 2.44. The maximum absolute atomic E-state index is 6.54. The fourth-order valence-corrected chi connectivity index (χ4v) is 4.35. The molecule has 20 heavy (non-hydrogen) atoms. The molecule has 0 atom stereocenters. The van der Waals surface area contributed by atoms with Crippen molar-refractivity contribution in [2.24, 2.45) is 0 Å². The Balaban J connectivity index is 1.70. The molecule has 0 aromatic carbocycles. The van der Waals surface area contributed by atoms with E-state index in [0.717, 1.165) is 5.82 Å². The van der Waals surface area contributed by atoms with Crippen molar-refractivity contribution in [1.29, 1.82) is 0 Å². The van der Waals surface area contributed by atoms with Crippen molar-refractivity contribution < 1.29 is 0 Å². The predicted molar refractivity (Wildman–Crippen MR) is 81.9 cm³/mol. The van der Waals surface area contributed by atoms with Gasteiger partial charge < -0.3 is 10.3 Å². The number of nitrogens with zero attached hydrogens (tertiary/aromatic N) is 2. The number of anilines is 1. The van der Waals surface area contributed by atoms with E-state index in [1.165, 1.54) is 82.1 Å². The van der Waals surface area contributed by atoms with Gasteiger partial charge in [0, 0.05) is 17.9 Å². The molecule has 3 saturated carbocycles. The van der Waals surface area contributed by atoms with E-state index >= 15 is 0 Å². The summed E-state index contributed by atoms with van der Waals surface area (Å²) in [5.41, 5.74) is 7.81. The first kappa shape index (κ1) is 12.7. The van der Waals surface area contributed by atoms with E-state index in [1.807, 2.05) is 0 Å². The van der Waals surface area contributed by atoms with Crippen molar-refractivity contribution in [2.75, 3.05) is 5.73 Å². The summed E-state index contributed by atoms with van der Waals surface area (Å²) in [5.74, 6) is 3.71. The van der Waals surface area contributed by atoms with Crippen molar-refractivity contribution in [3.8, 4) is 0 Å². The van der Waals surface area contributed by atoms with Crippen molar-refractivity contribution in [1.82, 2.24) is 9.55 Å². The maximum Gasteiger partial charge on any atom is 0.127 e. The van der Waals surface area contributed by atoms with E-state index in [2.05, 4.69) is 4.57 Å². The lowest BCUT2D eigenvalue weighted by Crippen LogP contribution is -2.09. The Morgan fingerprint density at radius 1 is 0.800 bits per heavy atom. The molecule has 0 saturated heterocycles.